The second-order valence-electron chi connectivity index (χ2n) is 7.80. The fourth-order valence-electron chi connectivity index (χ4n) is 3.06. The molecule has 1 amide bonds. The van der Waals surface area contributed by atoms with Crippen LogP contribution in [0.3, 0.4) is 0 Å². The molecule has 0 saturated carbocycles. The lowest BCUT2D eigenvalue weighted by Gasteiger charge is -2.34. The van der Waals surface area contributed by atoms with Crippen LogP contribution in [0.4, 0.5) is 10.1 Å². The average Bonchev–Trinajstić information content (AvgIpc) is 2.58. The van der Waals surface area contributed by atoms with Crippen LogP contribution in [-0.4, -0.2) is 22.2 Å². The topological polar surface area (TPSA) is 57.6 Å². The maximum absolute atomic E-state index is 14.4. The molecule has 28 heavy (non-hydrogen) atoms. The van der Waals surface area contributed by atoms with Crippen molar-refractivity contribution in [2.24, 2.45) is 0 Å². The van der Waals surface area contributed by atoms with Crippen molar-refractivity contribution in [2.75, 3.05) is 4.90 Å². The van der Waals surface area contributed by atoms with Crippen LogP contribution < -0.4 is 4.90 Å². The molecule has 1 atom stereocenters. The highest BCUT2D eigenvalue weighted by Gasteiger charge is 2.36. The van der Waals surface area contributed by atoms with E-state index in [2.05, 4.69) is 36.7 Å². The molecule has 0 saturated heterocycles. The van der Waals surface area contributed by atoms with Crippen LogP contribution in [-0.2, 0) is 21.5 Å². The van der Waals surface area contributed by atoms with Crippen molar-refractivity contribution in [3.63, 3.8) is 0 Å². The SMILES string of the molecule is CC(C)(C)c1ccc2c(c1)N(Cc1ccc(Br)cc1F)C(=O)C(CC(=O)O)S2. The van der Waals surface area contributed by atoms with E-state index in [1.807, 2.05) is 18.2 Å². The van der Waals surface area contributed by atoms with E-state index in [1.165, 1.54) is 22.7 Å². The maximum atomic E-state index is 14.4. The van der Waals surface area contributed by atoms with Gasteiger partial charge in [0.1, 0.15) is 5.82 Å². The molecule has 3 rings (SSSR count). The number of hydrogen-bond acceptors (Lipinski definition) is 3. The number of aliphatic carboxylic acids is 1. The first-order chi connectivity index (χ1) is 13.1. The summed E-state index contributed by atoms with van der Waals surface area (Å²) >= 11 is 4.50. The molecule has 1 unspecified atom stereocenters. The van der Waals surface area contributed by atoms with Gasteiger partial charge in [-0.3, -0.25) is 9.59 Å². The standard InChI is InChI=1S/C21H21BrFNO3S/c1-21(2,3)13-5-7-17-16(8-13)24(20(27)18(28-17)10-19(25)26)11-12-4-6-14(22)9-15(12)23/h4-9,18H,10-11H2,1-3H3,(H,25,26). The minimum atomic E-state index is -1.03. The van der Waals surface area contributed by atoms with E-state index >= 15 is 0 Å². The molecule has 1 aliphatic rings. The van der Waals surface area contributed by atoms with Gasteiger partial charge in [0.2, 0.25) is 5.91 Å². The number of carboxylic acid groups (broad SMARTS) is 1. The van der Waals surface area contributed by atoms with E-state index in [0.29, 0.717) is 15.7 Å². The predicted octanol–water partition coefficient (Wildman–Crippen LogP) is 5.37. The van der Waals surface area contributed by atoms with Crippen LogP contribution in [0.1, 0.15) is 38.3 Å². The van der Waals surface area contributed by atoms with Crippen LogP contribution in [0.15, 0.2) is 45.8 Å². The quantitative estimate of drug-likeness (QED) is 0.659. The minimum Gasteiger partial charge on any atom is -0.481 e. The summed E-state index contributed by atoms with van der Waals surface area (Å²) in [6, 6.07) is 10.6. The highest BCUT2D eigenvalue weighted by molar-refractivity contribution is 9.10. The first-order valence-electron chi connectivity index (χ1n) is 8.84. The third kappa shape index (κ3) is 4.41. The van der Waals surface area contributed by atoms with Gasteiger partial charge >= 0.3 is 5.97 Å². The maximum Gasteiger partial charge on any atom is 0.305 e. The Balaban J connectivity index is 2.06. The van der Waals surface area contributed by atoms with Crippen molar-refractivity contribution in [1.82, 2.24) is 0 Å². The second-order valence-corrected chi connectivity index (χ2v) is 9.96. The monoisotopic (exact) mass is 465 g/mol. The van der Waals surface area contributed by atoms with Gasteiger partial charge in [-0.05, 0) is 35.2 Å². The Bertz CT molecular complexity index is 942. The van der Waals surface area contributed by atoms with Gasteiger partial charge in [-0.25, -0.2) is 4.39 Å². The van der Waals surface area contributed by atoms with Crippen LogP contribution in [0.5, 0.6) is 0 Å². The number of hydrogen-bond donors (Lipinski definition) is 1. The second kappa shape index (κ2) is 7.87. The predicted molar refractivity (Wildman–Crippen MR) is 112 cm³/mol. The van der Waals surface area contributed by atoms with Gasteiger partial charge in [0, 0.05) is 14.9 Å². The van der Waals surface area contributed by atoms with Gasteiger partial charge in [0.15, 0.2) is 0 Å². The minimum absolute atomic E-state index is 0.0508. The highest BCUT2D eigenvalue weighted by atomic mass is 79.9. The van der Waals surface area contributed by atoms with Gasteiger partial charge in [-0.2, -0.15) is 0 Å². The number of fused-ring (bicyclic) bond motifs is 1. The van der Waals surface area contributed by atoms with E-state index in [9.17, 15) is 19.1 Å². The van der Waals surface area contributed by atoms with Crippen LogP contribution >= 0.6 is 27.7 Å². The first kappa shape index (κ1) is 20.9. The number of thioether (sulfide) groups is 1. The lowest BCUT2D eigenvalue weighted by atomic mass is 9.86. The van der Waals surface area contributed by atoms with Gasteiger partial charge in [-0.15, -0.1) is 11.8 Å². The molecule has 0 aromatic heterocycles. The molecule has 4 nitrogen and oxygen atoms in total. The van der Waals surface area contributed by atoms with Crippen LogP contribution in [0.25, 0.3) is 0 Å². The fraction of sp³-hybridized carbons (Fsp3) is 0.333. The van der Waals surface area contributed by atoms with E-state index in [-0.39, 0.29) is 24.3 Å². The van der Waals surface area contributed by atoms with Crippen LogP contribution in [0, 0.1) is 5.82 Å². The number of carbonyl (C=O) groups is 2. The number of amides is 1. The summed E-state index contributed by atoms with van der Waals surface area (Å²) in [6.45, 7) is 6.30. The molecular formula is C21H21BrFNO3S. The van der Waals surface area contributed by atoms with Crippen molar-refractivity contribution in [3.05, 3.63) is 57.8 Å². The highest BCUT2D eigenvalue weighted by Crippen LogP contribution is 2.43. The fourth-order valence-corrected chi connectivity index (χ4v) is 4.59. The van der Waals surface area contributed by atoms with Gasteiger partial charge in [-0.1, -0.05) is 48.8 Å². The molecule has 1 N–H and O–H groups in total. The molecule has 0 bridgehead atoms. The molecule has 0 radical (unpaired) electrons. The zero-order valence-electron chi connectivity index (χ0n) is 15.8. The Labute approximate surface area is 176 Å². The molecule has 7 heteroatoms. The molecule has 0 spiro atoms. The number of carbonyl (C=O) groups excluding carboxylic acids is 1. The van der Waals surface area contributed by atoms with E-state index in [4.69, 9.17) is 0 Å². The Morgan fingerprint density at radius 2 is 1.96 bits per heavy atom. The Hall–Kier alpha value is -1.86. The first-order valence-corrected chi connectivity index (χ1v) is 10.5. The summed E-state index contributed by atoms with van der Waals surface area (Å²) in [5, 5.41) is 8.45. The number of rotatable bonds is 4. The molecule has 2 aromatic carbocycles. The summed E-state index contributed by atoms with van der Waals surface area (Å²) in [5.74, 6) is -1.76. The van der Waals surface area contributed by atoms with Gasteiger partial charge in [0.25, 0.3) is 0 Å². The van der Waals surface area contributed by atoms with E-state index < -0.39 is 17.0 Å². The molecular weight excluding hydrogens is 445 g/mol. The van der Waals surface area contributed by atoms with Crippen molar-refractivity contribution in [3.8, 4) is 0 Å². The molecule has 148 valence electrons. The molecule has 1 heterocycles. The molecule has 1 aliphatic heterocycles. The van der Waals surface area contributed by atoms with Gasteiger partial charge in [0.05, 0.1) is 23.9 Å². The summed E-state index contributed by atoms with van der Waals surface area (Å²) in [7, 11) is 0. The number of nitrogens with zero attached hydrogens (tertiary/aromatic N) is 1. The average molecular weight is 466 g/mol. The van der Waals surface area contributed by atoms with Crippen molar-refractivity contribution in [2.45, 2.75) is 49.3 Å². The Kier molecular flexibility index (Phi) is 5.87. The van der Waals surface area contributed by atoms with Crippen molar-refractivity contribution < 1.29 is 19.1 Å². The Morgan fingerprint density at radius 1 is 1.25 bits per heavy atom. The Morgan fingerprint density at radius 3 is 2.57 bits per heavy atom. The summed E-state index contributed by atoms with van der Waals surface area (Å²) in [5.41, 5.74) is 2.02. The van der Waals surface area contributed by atoms with E-state index in [0.717, 1.165) is 10.5 Å². The smallest absolute Gasteiger partial charge is 0.305 e. The van der Waals surface area contributed by atoms with E-state index in [1.54, 1.807) is 12.1 Å². The molecule has 0 fully saturated rings. The number of benzene rings is 2. The third-order valence-corrected chi connectivity index (χ3v) is 6.38. The van der Waals surface area contributed by atoms with Gasteiger partial charge < -0.3 is 10.0 Å². The zero-order valence-corrected chi connectivity index (χ0v) is 18.2. The molecule has 2 aromatic rings. The lowest BCUT2D eigenvalue weighted by Crippen LogP contribution is -2.41. The summed E-state index contributed by atoms with van der Waals surface area (Å²) in [6.07, 6.45) is -0.275. The largest absolute Gasteiger partial charge is 0.481 e. The normalized spacial score (nSPS) is 16.8. The number of carboxylic acids is 1. The van der Waals surface area contributed by atoms with Crippen LogP contribution in [0.2, 0.25) is 0 Å². The number of halogens is 2. The summed E-state index contributed by atoms with van der Waals surface area (Å²) in [4.78, 5) is 26.6. The molecule has 0 aliphatic carbocycles. The zero-order chi connectivity index (χ0) is 20.6. The van der Waals surface area contributed by atoms with Crippen molar-refractivity contribution >= 4 is 45.3 Å². The summed E-state index contributed by atoms with van der Waals surface area (Å²) < 4.78 is 15.0. The third-order valence-electron chi connectivity index (χ3n) is 4.63. The van der Waals surface area contributed by atoms with Crippen molar-refractivity contribution in [1.29, 1.82) is 0 Å². The number of anilines is 1. The lowest BCUT2D eigenvalue weighted by molar-refractivity contribution is -0.138.